The molecule has 1 rings (SSSR count). The van der Waals surface area contributed by atoms with Crippen LogP contribution in [0.3, 0.4) is 0 Å². The van der Waals surface area contributed by atoms with Crippen LogP contribution in [-0.2, 0) is 0 Å². The van der Waals surface area contributed by atoms with Crippen LogP contribution in [0.25, 0.3) is 0 Å². The molecular weight excluding hydrogens is 199 g/mol. The first-order valence-electron chi connectivity index (χ1n) is 6.22. The fraction of sp³-hybridized carbons (Fsp3) is 0.714. The van der Waals surface area contributed by atoms with E-state index in [4.69, 9.17) is 0 Å². The van der Waals surface area contributed by atoms with E-state index < -0.39 is 0 Å². The summed E-state index contributed by atoms with van der Waals surface area (Å²) in [4.78, 5) is 0. The molecule has 0 radical (unpaired) electrons. The third-order valence-corrected chi connectivity index (χ3v) is 6.59. The Balaban J connectivity index is 2.22. The zero-order chi connectivity index (χ0) is 11.3. The van der Waals surface area contributed by atoms with Gasteiger partial charge in [-0.25, -0.2) is 0 Å². The average molecular weight is 224 g/mol. The first-order valence-corrected chi connectivity index (χ1v) is 7.88. The van der Waals surface area contributed by atoms with E-state index >= 15 is 0 Å². The van der Waals surface area contributed by atoms with E-state index in [1.165, 1.54) is 19.0 Å². The van der Waals surface area contributed by atoms with Crippen molar-refractivity contribution < 1.29 is 0 Å². The number of allylic oxidation sites excluding steroid dienone is 4. The SMILES string of the molecule is CC(C)P(CCCC1C=CC=C1)C(C)C. The average Bonchev–Trinajstić information content (AvgIpc) is 2.63. The van der Waals surface area contributed by atoms with Crippen molar-refractivity contribution in [1.82, 2.24) is 0 Å². The summed E-state index contributed by atoms with van der Waals surface area (Å²) < 4.78 is 0. The highest BCUT2D eigenvalue weighted by molar-refractivity contribution is 7.59. The fourth-order valence-electron chi connectivity index (χ4n) is 2.29. The van der Waals surface area contributed by atoms with Gasteiger partial charge in [0.25, 0.3) is 0 Å². The molecule has 1 heteroatoms. The molecule has 1 aliphatic rings. The number of rotatable bonds is 6. The van der Waals surface area contributed by atoms with Crippen molar-refractivity contribution in [3.8, 4) is 0 Å². The third kappa shape index (κ3) is 4.51. The van der Waals surface area contributed by atoms with Gasteiger partial charge in [-0.3, -0.25) is 0 Å². The monoisotopic (exact) mass is 224 g/mol. The van der Waals surface area contributed by atoms with Crippen LogP contribution in [0.4, 0.5) is 0 Å². The van der Waals surface area contributed by atoms with Gasteiger partial charge < -0.3 is 0 Å². The summed E-state index contributed by atoms with van der Waals surface area (Å²) in [6.45, 7) is 9.56. The van der Waals surface area contributed by atoms with Gasteiger partial charge in [0.15, 0.2) is 0 Å². The minimum Gasteiger partial charge on any atom is -0.101 e. The van der Waals surface area contributed by atoms with Crippen molar-refractivity contribution in [3.63, 3.8) is 0 Å². The van der Waals surface area contributed by atoms with Gasteiger partial charge in [-0.15, -0.1) is 7.92 Å². The molecule has 0 bridgehead atoms. The highest BCUT2D eigenvalue weighted by Gasteiger charge is 2.16. The van der Waals surface area contributed by atoms with Gasteiger partial charge in [0, 0.05) is 0 Å². The lowest BCUT2D eigenvalue weighted by Crippen LogP contribution is -2.07. The van der Waals surface area contributed by atoms with Gasteiger partial charge in [-0.1, -0.05) is 52.0 Å². The van der Waals surface area contributed by atoms with Crippen molar-refractivity contribution in [1.29, 1.82) is 0 Å². The molecule has 0 atom stereocenters. The van der Waals surface area contributed by atoms with E-state index in [-0.39, 0.29) is 7.92 Å². The second-order valence-corrected chi connectivity index (χ2v) is 8.54. The lowest BCUT2D eigenvalue weighted by molar-refractivity contribution is 0.698. The number of hydrogen-bond donors (Lipinski definition) is 0. The molecule has 0 aliphatic heterocycles. The van der Waals surface area contributed by atoms with E-state index in [2.05, 4.69) is 52.0 Å². The molecule has 0 saturated carbocycles. The summed E-state index contributed by atoms with van der Waals surface area (Å²) in [6.07, 6.45) is 13.2. The van der Waals surface area contributed by atoms with Gasteiger partial charge in [-0.05, 0) is 36.2 Å². The molecule has 1 aliphatic carbocycles. The first kappa shape index (κ1) is 13.0. The maximum absolute atomic E-state index is 2.39. The summed E-state index contributed by atoms with van der Waals surface area (Å²) in [6, 6.07) is 0. The maximum Gasteiger partial charge on any atom is -0.00471 e. The van der Waals surface area contributed by atoms with Crippen LogP contribution in [0.15, 0.2) is 24.3 Å². The van der Waals surface area contributed by atoms with Gasteiger partial charge in [0.05, 0.1) is 0 Å². The maximum atomic E-state index is 2.39. The van der Waals surface area contributed by atoms with E-state index in [1.807, 2.05) is 0 Å². The van der Waals surface area contributed by atoms with Crippen molar-refractivity contribution in [2.45, 2.75) is 51.9 Å². The van der Waals surface area contributed by atoms with Crippen molar-refractivity contribution in [2.75, 3.05) is 6.16 Å². The van der Waals surface area contributed by atoms with Crippen LogP contribution in [-0.4, -0.2) is 17.5 Å². The van der Waals surface area contributed by atoms with E-state index in [0.29, 0.717) is 0 Å². The predicted octanol–water partition coefficient (Wildman–Crippen LogP) is 4.81. The molecule has 0 heterocycles. The largest absolute Gasteiger partial charge is 0.101 e. The van der Waals surface area contributed by atoms with Crippen LogP contribution < -0.4 is 0 Å². The second-order valence-electron chi connectivity index (χ2n) is 5.00. The molecule has 0 amide bonds. The van der Waals surface area contributed by atoms with E-state index in [0.717, 1.165) is 17.2 Å². The van der Waals surface area contributed by atoms with Crippen molar-refractivity contribution in [2.24, 2.45) is 5.92 Å². The van der Waals surface area contributed by atoms with Crippen LogP contribution >= 0.6 is 7.92 Å². The molecular formula is C14H25P. The quantitative estimate of drug-likeness (QED) is 0.568. The van der Waals surface area contributed by atoms with Gasteiger partial charge in [-0.2, -0.15) is 0 Å². The summed E-state index contributed by atoms with van der Waals surface area (Å²) >= 11 is 0. The summed E-state index contributed by atoms with van der Waals surface area (Å²) in [5.74, 6) is 0.737. The smallest absolute Gasteiger partial charge is 0.00471 e. The van der Waals surface area contributed by atoms with Crippen LogP contribution in [0.2, 0.25) is 0 Å². The van der Waals surface area contributed by atoms with Crippen LogP contribution in [0.1, 0.15) is 40.5 Å². The molecule has 86 valence electrons. The topological polar surface area (TPSA) is 0 Å². The molecule has 0 fully saturated rings. The summed E-state index contributed by atoms with van der Waals surface area (Å²) in [5.41, 5.74) is 1.80. The molecule has 0 nitrogen and oxygen atoms in total. The Morgan fingerprint density at radius 1 is 1.00 bits per heavy atom. The Bertz CT molecular complexity index is 205. The minimum atomic E-state index is 0.253. The standard InChI is InChI=1S/C14H25P/c1-12(2)15(13(3)4)11-7-10-14-8-5-6-9-14/h5-6,8-9,12-14H,7,10-11H2,1-4H3. The van der Waals surface area contributed by atoms with Crippen LogP contribution in [0.5, 0.6) is 0 Å². The third-order valence-electron chi connectivity index (χ3n) is 3.11. The molecule has 0 spiro atoms. The Kier molecular flexibility index (Phi) is 5.61. The zero-order valence-corrected chi connectivity index (χ0v) is 11.5. The fourth-order valence-corrected chi connectivity index (χ4v) is 5.07. The zero-order valence-electron chi connectivity index (χ0n) is 10.6. The molecule has 0 aromatic heterocycles. The highest BCUT2D eigenvalue weighted by atomic mass is 31.1. The van der Waals surface area contributed by atoms with Gasteiger partial charge in [0.2, 0.25) is 0 Å². The van der Waals surface area contributed by atoms with E-state index in [1.54, 1.807) is 0 Å². The van der Waals surface area contributed by atoms with Gasteiger partial charge >= 0.3 is 0 Å². The summed E-state index contributed by atoms with van der Waals surface area (Å²) in [7, 11) is 0.253. The Labute approximate surface area is 96.6 Å². The molecule has 0 aromatic carbocycles. The van der Waals surface area contributed by atoms with Gasteiger partial charge in [0.1, 0.15) is 0 Å². The molecule has 0 unspecified atom stereocenters. The normalized spacial score (nSPS) is 16.5. The highest BCUT2D eigenvalue weighted by Crippen LogP contribution is 2.46. The van der Waals surface area contributed by atoms with Crippen LogP contribution in [0, 0.1) is 5.92 Å². The van der Waals surface area contributed by atoms with Crippen molar-refractivity contribution >= 4 is 7.92 Å². The van der Waals surface area contributed by atoms with Crippen molar-refractivity contribution in [3.05, 3.63) is 24.3 Å². The minimum absolute atomic E-state index is 0.253. The van der Waals surface area contributed by atoms with E-state index in [9.17, 15) is 0 Å². The number of hydrogen-bond acceptors (Lipinski definition) is 0. The lowest BCUT2D eigenvalue weighted by atomic mass is 10.1. The second kappa shape index (κ2) is 6.48. The summed E-state index contributed by atoms with van der Waals surface area (Å²) in [5, 5.41) is 0. The Morgan fingerprint density at radius 2 is 1.53 bits per heavy atom. The Hall–Kier alpha value is -0.0900. The Morgan fingerprint density at radius 3 is 2.00 bits per heavy atom. The lowest BCUT2D eigenvalue weighted by Gasteiger charge is -2.26. The molecule has 15 heavy (non-hydrogen) atoms. The molecule has 0 saturated heterocycles. The predicted molar refractivity (Wildman–Crippen MR) is 73.1 cm³/mol. The first-order chi connectivity index (χ1) is 7.11. The molecule has 0 aromatic rings. The molecule has 0 N–H and O–H groups in total.